The summed E-state index contributed by atoms with van der Waals surface area (Å²) in [4.78, 5) is 32.2. The van der Waals surface area contributed by atoms with Crippen LogP contribution in [-0.2, 0) is 10.2 Å². The van der Waals surface area contributed by atoms with E-state index in [-0.39, 0.29) is 17.2 Å². The Kier molecular flexibility index (Phi) is 5.46. The highest BCUT2D eigenvalue weighted by atomic mass is 35.5. The number of fused-ring (bicyclic) bond motifs is 2. The van der Waals surface area contributed by atoms with Gasteiger partial charge in [0.05, 0.1) is 5.41 Å². The Morgan fingerprint density at radius 3 is 2.42 bits per heavy atom. The Morgan fingerprint density at radius 2 is 1.65 bits per heavy atom. The lowest BCUT2D eigenvalue weighted by Gasteiger charge is -2.35. The molecule has 1 N–H and O–H groups in total. The van der Waals surface area contributed by atoms with Gasteiger partial charge in [0.15, 0.2) is 0 Å². The van der Waals surface area contributed by atoms with Crippen molar-refractivity contribution in [2.75, 3.05) is 57.7 Å². The average Bonchev–Trinajstić information content (AvgIpc) is 3.35. The lowest BCUT2D eigenvalue weighted by molar-refractivity contribution is -0.120. The van der Waals surface area contributed by atoms with Crippen molar-refractivity contribution in [1.82, 2.24) is 14.7 Å². The third kappa shape index (κ3) is 3.84. The quantitative estimate of drug-likeness (QED) is 0.797. The van der Waals surface area contributed by atoms with Crippen molar-refractivity contribution in [2.45, 2.75) is 11.8 Å². The largest absolute Gasteiger partial charge is 0.336 e. The van der Waals surface area contributed by atoms with Gasteiger partial charge in [-0.05, 0) is 48.9 Å². The maximum absolute atomic E-state index is 12.7. The van der Waals surface area contributed by atoms with Crippen LogP contribution in [-0.4, -0.2) is 78.9 Å². The monoisotopic (exact) mass is 438 g/mol. The first-order chi connectivity index (χ1) is 15.0. The van der Waals surface area contributed by atoms with E-state index >= 15 is 0 Å². The molecule has 7 heteroatoms. The van der Waals surface area contributed by atoms with E-state index in [1.807, 2.05) is 23.1 Å². The number of hydrogen-bond donors (Lipinski definition) is 1. The van der Waals surface area contributed by atoms with E-state index in [1.54, 1.807) is 24.3 Å². The molecule has 2 saturated heterocycles. The first-order valence-electron chi connectivity index (χ1n) is 11.0. The van der Waals surface area contributed by atoms with Gasteiger partial charge in [0.25, 0.3) is 5.91 Å². The molecular formula is C24H27ClN4O2. The summed E-state index contributed by atoms with van der Waals surface area (Å²) in [5, 5.41) is 3.71. The Hall–Kier alpha value is -2.41. The van der Waals surface area contributed by atoms with Gasteiger partial charge in [-0.2, -0.15) is 0 Å². The summed E-state index contributed by atoms with van der Waals surface area (Å²) in [6, 6.07) is 15.2. The number of anilines is 1. The molecule has 0 saturated carbocycles. The van der Waals surface area contributed by atoms with Gasteiger partial charge in [-0.25, -0.2) is 0 Å². The topological polar surface area (TPSA) is 55.9 Å². The molecule has 2 amide bonds. The number of para-hydroxylation sites is 1. The normalized spacial score (nSPS) is 23.9. The minimum absolute atomic E-state index is 0.0729. The standard InChI is InChI=1S/C24H27ClN4O2/c25-19-7-5-18(6-8-19)22(30)29-15-13-27(14-16-29)11-12-28-10-9-24(17-28)20-3-1-2-4-21(20)26-23(24)31/h1-8H,9-17H2,(H,26,31). The first-order valence-corrected chi connectivity index (χ1v) is 11.3. The number of nitrogens with zero attached hydrogens (tertiary/aromatic N) is 3. The zero-order chi connectivity index (χ0) is 21.4. The number of carbonyl (C=O) groups is 2. The van der Waals surface area contributed by atoms with Crippen molar-refractivity contribution in [3.05, 3.63) is 64.7 Å². The number of carbonyl (C=O) groups excluding carboxylic acids is 2. The number of likely N-dealkylation sites (tertiary alicyclic amines) is 1. The molecule has 6 nitrogen and oxygen atoms in total. The van der Waals surface area contributed by atoms with Gasteiger partial charge in [0, 0.05) is 62.1 Å². The van der Waals surface area contributed by atoms with E-state index < -0.39 is 0 Å². The molecule has 3 heterocycles. The van der Waals surface area contributed by atoms with Crippen molar-refractivity contribution in [1.29, 1.82) is 0 Å². The fourth-order valence-corrected chi connectivity index (χ4v) is 5.22. The van der Waals surface area contributed by atoms with Crippen LogP contribution in [0.25, 0.3) is 0 Å². The van der Waals surface area contributed by atoms with Crippen LogP contribution in [0.4, 0.5) is 5.69 Å². The van der Waals surface area contributed by atoms with E-state index in [4.69, 9.17) is 11.6 Å². The second kappa shape index (κ2) is 8.26. The van der Waals surface area contributed by atoms with Crippen molar-refractivity contribution < 1.29 is 9.59 Å². The summed E-state index contributed by atoms with van der Waals surface area (Å²) in [7, 11) is 0. The predicted molar refractivity (Wildman–Crippen MR) is 122 cm³/mol. The van der Waals surface area contributed by atoms with E-state index in [2.05, 4.69) is 21.2 Å². The van der Waals surface area contributed by atoms with Crippen molar-refractivity contribution in [3.63, 3.8) is 0 Å². The third-order valence-corrected chi connectivity index (χ3v) is 7.21. The van der Waals surface area contributed by atoms with E-state index in [9.17, 15) is 9.59 Å². The maximum Gasteiger partial charge on any atom is 0.253 e. The molecule has 0 bridgehead atoms. The van der Waals surface area contributed by atoms with Crippen LogP contribution < -0.4 is 5.32 Å². The summed E-state index contributed by atoms with van der Waals surface area (Å²) < 4.78 is 0. The summed E-state index contributed by atoms with van der Waals surface area (Å²) in [5.74, 6) is 0.217. The molecule has 3 aliphatic heterocycles. The Labute approximate surface area is 187 Å². The van der Waals surface area contributed by atoms with E-state index in [1.165, 1.54) is 0 Å². The van der Waals surface area contributed by atoms with Crippen LogP contribution in [0.3, 0.4) is 0 Å². The van der Waals surface area contributed by atoms with Gasteiger partial charge in [0.1, 0.15) is 0 Å². The molecule has 2 aromatic rings. The van der Waals surface area contributed by atoms with Gasteiger partial charge in [-0.3, -0.25) is 14.5 Å². The van der Waals surface area contributed by atoms with E-state index in [0.717, 1.165) is 70.0 Å². The second-order valence-corrected chi connectivity index (χ2v) is 9.19. The van der Waals surface area contributed by atoms with Crippen LogP contribution >= 0.6 is 11.6 Å². The minimum Gasteiger partial charge on any atom is -0.336 e. The second-order valence-electron chi connectivity index (χ2n) is 8.75. The molecule has 31 heavy (non-hydrogen) atoms. The molecule has 0 aromatic heterocycles. The molecule has 1 unspecified atom stereocenters. The molecule has 0 radical (unpaired) electrons. The Balaban J connectivity index is 1.12. The highest BCUT2D eigenvalue weighted by Gasteiger charge is 2.50. The molecule has 0 aliphatic carbocycles. The zero-order valence-electron chi connectivity index (χ0n) is 17.5. The first kappa shape index (κ1) is 20.5. The molecular weight excluding hydrogens is 412 g/mol. The smallest absolute Gasteiger partial charge is 0.253 e. The number of hydrogen-bond acceptors (Lipinski definition) is 4. The molecule has 3 aliphatic rings. The summed E-state index contributed by atoms with van der Waals surface area (Å²) in [6.45, 7) is 6.86. The predicted octanol–water partition coefficient (Wildman–Crippen LogP) is 2.69. The lowest BCUT2D eigenvalue weighted by Crippen LogP contribution is -2.50. The Bertz CT molecular complexity index is 987. The Morgan fingerprint density at radius 1 is 0.935 bits per heavy atom. The highest BCUT2D eigenvalue weighted by molar-refractivity contribution is 6.30. The van der Waals surface area contributed by atoms with Gasteiger partial charge in [0.2, 0.25) is 5.91 Å². The van der Waals surface area contributed by atoms with Crippen LogP contribution in [0.15, 0.2) is 48.5 Å². The number of halogens is 1. The zero-order valence-corrected chi connectivity index (χ0v) is 18.3. The number of amides is 2. The van der Waals surface area contributed by atoms with Crippen LogP contribution in [0.5, 0.6) is 0 Å². The molecule has 1 atom stereocenters. The number of rotatable bonds is 4. The summed E-state index contributed by atoms with van der Waals surface area (Å²) in [5.41, 5.74) is 2.42. The molecule has 2 fully saturated rings. The summed E-state index contributed by atoms with van der Waals surface area (Å²) >= 11 is 5.92. The van der Waals surface area contributed by atoms with Crippen molar-refractivity contribution >= 4 is 29.1 Å². The van der Waals surface area contributed by atoms with Crippen LogP contribution in [0.1, 0.15) is 22.3 Å². The summed E-state index contributed by atoms with van der Waals surface area (Å²) in [6.07, 6.45) is 0.874. The fraction of sp³-hybridized carbons (Fsp3) is 0.417. The molecule has 5 rings (SSSR count). The fourth-order valence-electron chi connectivity index (χ4n) is 5.09. The minimum atomic E-state index is -0.389. The number of nitrogens with one attached hydrogen (secondary N) is 1. The van der Waals surface area contributed by atoms with Crippen molar-refractivity contribution in [2.24, 2.45) is 0 Å². The van der Waals surface area contributed by atoms with Crippen LogP contribution in [0.2, 0.25) is 5.02 Å². The van der Waals surface area contributed by atoms with Gasteiger partial charge >= 0.3 is 0 Å². The maximum atomic E-state index is 12.7. The number of piperazine rings is 1. The number of benzene rings is 2. The van der Waals surface area contributed by atoms with Gasteiger partial charge < -0.3 is 15.1 Å². The molecule has 2 aromatic carbocycles. The highest BCUT2D eigenvalue weighted by Crippen LogP contribution is 2.43. The van der Waals surface area contributed by atoms with Gasteiger partial charge in [-0.1, -0.05) is 29.8 Å². The SMILES string of the molecule is O=C(c1ccc(Cl)cc1)N1CCN(CCN2CCC3(C2)C(=O)Nc2ccccc23)CC1. The molecule has 162 valence electrons. The van der Waals surface area contributed by atoms with Crippen molar-refractivity contribution in [3.8, 4) is 0 Å². The average molecular weight is 439 g/mol. The third-order valence-electron chi connectivity index (χ3n) is 6.96. The van der Waals surface area contributed by atoms with E-state index in [0.29, 0.717) is 10.6 Å². The van der Waals surface area contributed by atoms with Crippen LogP contribution in [0, 0.1) is 0 Å². The van der Waals surface area contributed by atoms with Gasteiger partial charge in [-0.15, -0.1) is 0 Å². The lowest BCUT2D eigenvalue weighted by atomic mass is 9.81. The molecule has 1 spiro atoms.